The number of aromatic nitrogens is 1. The van der Waals surface area contributed by atoms with Crippen molar-refractivity contribution in [2.24, 2.45) is 0 Å². The molecule has 0 aromatic carbocycles. The lowest BCUT2D eigenvalue weighted by molar-refractivity contribution is 0.146. The molecule has 0 spiro atoms. The summed E-state index contributed by atoms with van der Waals surface area (Å²) in [6, 6.07) is 2.93. The Morgan fingerprint density at radius 1 is 1.38 bits per heavy atom. The molecule has 0 aliphatic carbocycles. The fourth-order valence-corrected chi connectivity index (χ4v) is 0.996. The topological polar surface area (TPSA) is 33.1 Å². The van der Waals surface area contributed by atoms with Crippen molar-refractivity contribution in [1.82, 2.24) is 4.98 Å². The fraction of sp³-hybridized carbons (Fsp3) is 0.444. The van der Waals surface area contributed by atoms with Gasteiger partial charge in [-0.1, -0.05) is 6.07 Å². The first-order valence-corrected chi connectivity index (χ1v) is 4.08. The minimum atomic E-state index is -2.51. The number of pyridine rings is 1. The SMILES string of the molecule is OCCCc1ccc(C(F)F)nc1. The van der Waals surface area contributed by atoms with Gasteiger partial charge in [-0.2, -0.15) is 0 Å². The van der Waals surface area contributed by atoms with E-state index >= 15 is 0 Å². The molecule has 1 N–H and O–H groups in total. The van der Waals surface area contributed by atoms with E-state index in [0.29, 0.717) is 12.8 Å². The molecule has 1 aromatic rings. The van der Waals surface area contributed by atoms with Crippen LogP contribution in [0.4, 0.5) is 8.78 Å². The van der Waals surface area contributed by atoms with Crippen LogP contribution in [0.2, 0.25) is 0 Å². The highest BCUT2D eigenvalue weighted by Crippen LogP contribution is 2.16. The number of aliphatic hydroxyl groups excluding tert-OH is 1. The molecule has 1 rings (SSSR count). The zero-order chi connectivity index (χ0) is 9.68. The van der Waals surface area contributed by atoms with Crippen molar-refractivity contribution in [3.63, 3.8) is 0 Å². The summed E-state index contributed by atoms with van der Waals surface area (Å²) in [6.45, 7) is 0.108. The number of aliphatic hydroxyl groups is 1. The summed E-state index contributed by atoms with van der Waals surface area (Å²) in [5.74, 6) is 0. The van der Waals surface area contributed by atoms with Gasteiger partial charge in [-0.25, -0.2) is 8.78 Å². The third kappa shape index (κ3) is 3.06. The van der Waals surface area contributed by atoms with Crippen molar-refractivity contribution < 1.29 is 13.9 Å². The Balaban J connectivity index is 2.59. The molecule has 72 valence electrons. The Labute approximate surface area is 75.2 Å². The number of hydrogen-bond acceptors (Lipinski definition) is 2. The van der Waals surface area contributed by atoms with Gasteiger partial charge in [-0.15, -0.1) is 0 Å². The van der Waals surface area contributed by atoms with Crippen LogP contribution < -0.4 is 0 Å². The van der Waals surface area contributed by atoms with Gasteiger partial charge >= 0.3 is 0 Å². The van der Waals surface area contributed by atoms with E-state index in [4.69, 9.17) is 5.11 Å². The zero-order valence-corrected chi connectivity index (χ0v) is 7.08. The highest BCUT2D eigenvalue weighted by molar-refractivity contribution is 5.14. The Morgan fingerprint density at radius 2 is 2.15 bits per heavy atom. The first-order chi connectivity index (χ1) is 6.24. The van der Waals surface area contributed by atoms with Gasteiger partial charge in [0.15, 0.2) is 0 Å². The van der Waals surface area contributed by atoms with Gasteiger partial charge in [0.05, 0.1) is 0 Å². The average Bonchev–Trinajstić information content (AvgIpc) is 2.15. The van der Waals surface area contributed by atoms with Gasteiger partial charge in [0.2, 0.25) is 0 Å². The second kappa shape index (κ2) is 4.87. The maximum Gasteiger partial charge on any atom is 0.280 e. The van der Waals surface area contributed by atoms with Crippen molar-refractivity contribution in [3.05, 3.63) is 29.6 Å². The van der Waals surface area contributed by atoms with Crippen LogP contribution in [0.25, 0.3) is 0 Å². The number of alkyl halides is 2. The minimum Gasteiger partial charge on any atom is -0.396 e. The van der Waals surface area contributed by atoms with E-state index in [1.165, 1.54) is 12.3 Å². The van der Waals surface area contributed by atoms with Crippen LogP contribution in [-0.4, -0.2) is 16.7 Å². The lowest BCUT2D eigenvalue weighted by Crippen LogP contribution is -1.93. The van der Waals surface area contributed by atoms with Gasteiger partial charge in [0.1, 0.15) is 5.69 Å². The Kier molecular flexibility index (Phi) is 3.76. The van der Waals surface area contributed by atoms with Crippen molar-refractivity contribution in [2.75, 3.05) is 6.61 Å². The molecule has 0 saturated heterocycles. The molecule has 0 fully saturated rings. The maximum absolute atomic E-state index is 12.0. The smallest absolute Gasteiger partial charge is 0.280 e. The summed E-state index contributed by atoms with van der Waals surface area (Å²) in [5.41, 5.74) is 0.672. The van der Waals surface area contributed by atoms with E-state index in [9.17, 15) is 8.78 Å². The molecular weight excluding hydrogens is 176 g/mol. The van der Waals surface area contributed by atoms with Crippen molar-refractivity contribution in [2.45, 2.75) is 19.3 Å². The summed E-state index contributed by atoms with van der Waals surface area (Å²) in [7, 11) is 0. The molecular formula is C9H11F2NO. The highest BCUT2D eigenvalue weighted by atomic mass is 19.3. The van der Waals surface area contributed by atoms with Crippen molar-refractivity contribution >= 4 is 0 Å². The predicted molar refractivity (Wildman–Crippen MR) is 44.6 cm³/mol. The fourth-order valence-electron chi connectivity index (χ4n) is 0.996. The molecule has 2 nitrogen and oxygen atoms in total. The number of rotatable bonds is 4. The van der Waals surface area contributed by atoms with Crippen molar-refractivity contribution in [1.29, 1.82) is 0 Å². The normalized spacial score (nSPS) is 10.8. The standard InChI is InChI=1S/C9H11F2NO/c10-9(11)8-4-3-7(6-12-8)2-1-5-13/h3-4,6,9,13H,1-2,5H2. The average molecular weight is 187 g/mol. The molecule has 0 unspecified atom stereocenters. The number of hydrogen-bond donors (Lipinski definition) is 1. The Bertz CT molecular complexity index is 248. The van der Waals surface area contributed by atoms with Crippen molar-refractivity contribution in [3.8, 4) is 0 Å². The predicted octanol–water partition coefficient (Wildman–Crippen LogP) is 1.94. The molecule has 4 heteroatoms. The van der Waals surface area contributed by atoms with Gasteiger partial charge in [0, 0.05) is 12.8 Å². The molecule has 0 bridgehead atoms. The first kappa shape index (κ1) is 10.1. The second-order valence-electron chi connectivity index (χ2n) is 2.72. The third-order valence-electron chi connectivity index (χ3n) is 1.69. The number of nitrogens with zero attached hydrogens (tertiary/aromatic N) is 1. The summed E-state index contributed by atoms with van der Waals surface area (Å²) >= 11 is 0. The monoisotopic (exact) mass is 187 g/mol. The summed E-state index contributed by atoms with van der Waals surface area (Å²) in [5, 5.41) is 8.53. The van der Waals surface area contributed by atoms with Gasteiger partial charge < -0.3 is 5.11 Å². The van der Waals surface area contributed by atoms with Crippen LogP contribution >= 0.6 is 0 Å². The molecule has 1 aromatic heterocycles. The summed E-state index contributed by atoms with van der Waals surface area (Å²) < 4.78 is 24.1. The number of aryl methyl sites for hydroxylation is 1. The van der Waals surface area contributed by atoms with E-state index in [-0.39, 0.29) is 12.3 Å². The molecule has 1 heterocycles. The van der Waals surface area contributed by atoms with E-state index in [1.807, 2.05) is 0 Å². The first-order valence-electron chi connectivity index (χ1n) is 4.08. The van der Waals surface area contributed by atoms with Crippen LogP contribution in [0.1, 0.15) is 24.1 Å². The second-order valence-corrected chi connectivity index (χ2v) is 2.72. The van der Waals surface area contributed by atoms with E-state index in [0.717, 1.165) is 5.56 Å². The van der Waals surface area contributed by atoms with Gasteiger partial charge in [-0.05, 0) is 24.5 Å². The lowest BCUT2D eigenvalue weighted by Gasteiger charge is -2.01. The largest absolute Gasteiger partial charge is 0.396 e. The summed E-state index contributed by atoms with van der Waals surface area (Å²) in [6.07, 6.45) is 0.228. The van der Waals surface area contributed by atoms with E-state index in [1.54, 1.807) is 6.07 Å². The van der Waals surface area contributed by atoms with E-state index in [2.05, 4.69) is 4.98 Å². The van der Waals surface area contributed by atoms with Crippen LogP contribution in [-0.2, 0) is 6.42 Å². The molecule has 0 amide bonds. The highest BCUT2D eigenvalue weighted by Gasteiger charge is 2.07. The molecule has 0 aliphatic heterocycles. The quantitative estimate of drug-likeness (QED) is 0.781. The van der Waals surface area contributed by atoms with Crippen LogP contribution in [0.5, 0.6) is 0 Å². The van der Waals surface area contributed by atoms with E-state index < -0.39 is 6.43 Å². The molecule has 0 saturated carbocycles. The van der Waals surface area contributed by atoms with Crippen LogP contribution in [0, 0.1) is 0 Å². The number of halogens is 2. The molecule has 13 heavy (non-hydrogen) atoms. The lowest BCUT2D eigenvalue weighted by atomic mass is 10.1. The molecule has 0 aliphatic rings. The third-order valence-corrected chi connectivity index (χ3v) is 1.69. The Morgan fingerprint density at radius 3 is 2.62 bits per heavy atom. The molecule has 0 atom stereocenters. The maximum atomic E-state index is 12.0. The Hall–Kier alpha value is -1.03. The minimum absolute atomic E-state index is 0.108. The summed E-state index contributed by atoms with van der Waals surface area (Å²) in [4.78, 5) is 3.60. The molecule has 0 radical (unpaired) electrons. The zero-order valence-electron chi connectivity index (χ0n) is 7.08. The van der Waals surface area contributed by atoms with Crippen LogP contribution in [0.3, 0.4) is 0 Å². The van der Waals surface area contributed by atoms with Crippen LogP contribution in [0.15, 0.2) is 18.3 Å². The van der Waals surface area contributed by atoms with Gasteiger partial charge in [0.25, 0.3) is 6.43 Å². The van der Waals surface area contributed by atoms with Gasteiger partial charge in [-0.3, -0.25) is 4.98 Å².